The number of carboxylic acids is 1. The number of carbonyl (C=O) groups is 3. The third kappa shape index (κ3) is 2.81. The molecule has 7 nitrogen and oxygen atoms in total. The van der Waals surface area contributed by atoms with E-state index >= 15 is 0 Å². The Labute approximate surface area is 139 Å². The Bertz CT molecular complexity index is 694. The van der Waals surface area contributed by atoms with E-state index < -0.39 is 23.3 Å². The van der Waals surface area contributed by atoms with Gasteiger partial charge in [-0.1, -0.05) is 12.8 Å². The van der Waals surface area contributed by atoms with Gasteiger partial charge in [-0.05, 0) is 36.6 Å². The molecule has 1 aliphatic carbocycles. The van der Waals surface area contributed by atoms with E-state index in [-0.39, 0.29) is 12.3 Å². The van der Waals surface area contributed by atoms with Gasteiger partial charge in [0, 0.05) is 12.1 Å². The molecule has 128 valence electrons. The molecule has 7 heteroatoms. The van der Waals surface area contributed by atoms with Crippen molar-refractivity contribution in [1.29, 1.82) is 0 Å². The fraction of sp³-hybridized carbons (Fsp3) is 0.471. The highest BCUT2D eigenvalue weighted by Crippen LogP contribution is 2.37. The Balaban J connectivity index is 1.90. The van der Waals surface area contributed by atoms with Gasteiger partial charge in [0.2, 0.25) is 11.8 Å². The molecule has 0 saturated heterocycles. The van der Waals surface area contributed by atoms with E-state index in [1.807, 2.05) is 0 Å². The van der Waals surface area contributed by atoms with Gasteiger partial charge in [0.25, 0.3) is 0 Å². The summed E-state index contributed by atoms with van der Waals surface area (Å²) in [5.74, 6) is -1.84. The zero-order valence-electron chi connectivity index (χ0n) is 13.4. The summed E-state index contributed by atoms with van der Waals surface area (Å²) in [5.41, 5.74) is -0.0164. The highest BCUT2D eigenvalue weighted by molar-refractivity contribution is 6.02. The van der Waals surface area contributed by atoms with Gasteiger partial charge >= 0.3 is 5.97 Å². The standard InChI is InChI=1S/C17H20N2O5/c1-24-10-4-5-13-11(8-10)12(9-14(20)18-13)15(21)19-17(16(22)23)6-2-3-7-17/h4-5,8,12H,2-3,6-7,9H2,1H3,(H,18,20)(H,19,21)(H,22,23). The van der Waals surface area contributed by atoms with Gasteiger partial charge in [-0.25, -0.2) is 4.79 Å². The van der Waals surface area contributed by atoms with E-state index in [0.717, 1.165) is 12.8 Å². The minimum atomic E-state index is -1.22. The van der Waals surface area contributed by atoms with Crippen LogP contribution in [0.2, 0.25) is 0 Å². The average Bonchev–Trinajstić information content (AvgIpc) is 3.03. The van der Waals surface area contributed by atoms with Crippen molar-refractivity contribution in [3.63, 3.8) is 0 Å². The summed E-state index contributed by atoms with van der Waals surface area (Å²) in [7, 11) is 1.52. The Kier molecular flexibility index (Phi) is 4.17. The van der Waals surface area contributed by atoms with Crippen molar-refractivity contribution in [2.24, 2.45) is 0 Å². The second kappa shape index (κ2) is 6.14. The van der Waals surface area contributed by atoms with Gasteiger partial charge in [0.15, 0.2) is 0 Å². The Morgan fingerprint density at radius 3 is 2.67 bits per heavy atom. The third-order valence-corrected chi connectivity index (χ3v) is 4.84. The molecular formula is C17H20N2O5. The van der Waals surface area contributed by atoms with E-state index in [9.17, 15) is 19.5 Å². The lowest BCUT2D eigenvalue weighted by Crippen LogP contribution is -2.54. The van der Waals surface area contributed by atoms with Crippen molar-refractivity contribution in [2.75, 3.05) is 12.4 Å². The number of aliphatic carboxylic acids is 1. The van der Waals surface area contributed by atoms with Crippen LogP contribution in [0.3, 0.4) is 0 Å². The predicted octanol–water partition coefficient (Wildman–Crippen LogP) is 1.63. The number of nitrogens with one attached hydrogen (secondary N) is 2. The van der Waals surface area contributed by atoms with Crippen molar-refractivity contribution in [3.05, 3.63) is 23.8 Å². The quantitative estimate of drug-likeness (QED) is 0.777. The maximum absolute atomic E-state index is 12.8. The summed E-state index contributed by atoms with van der Waals surface area (Å²) >= 11 is 0. The summed E-state index contributed by atoms with van der Waals surface area (Å²) in [6, 6.07) is 5.10. The van der Waals surface area contributed by atoms with Crippen LogP contribution in [0.4, 0.5) is 5.69 Å². The molecule has 1 aliphatic heterocycles. The highest BCUT2D eigenvalue weighted by Gasteiger charge is 2.44. The molecule has 0 bridgehead atoms. The Morgan fingerprint density at radius 1 is 1.33 bits per heavy atom. The van der Waals surface area contributed by atoms with E-state index in [2.05, 4.69) is 10.6 Å². The molecule has 2 amide bonds. The zero-order valence-corrected chi connectivity index (χ0v) is 13.4. The third-order valence-electron chi connectivity index (χ3n) is 4.84. The smallest absolute Gasteiger partial charge is 0.329 e. The number of fused-ring (bicyclic) bond motifs is 1. The van der Waals surface area contributed by atoms with Crippen molar-refractivity contribution in [2.45, 2.75) is 43.6 Å². The number of rotatable bonds is 4. The number of methoxy groups -OCH3 is 1. The van der Waals surface area contributed by atoms with Crippen LogP contribution in [-0.2, 0) is 14.4 Å². The minimum absolute atomic E-state index is 0.0122. The molecule has 0 spiro atoms. The van der Waals surface area contributed by atoms with Crippen LogP contribution in [0, 0.1) is 0 Å². The lowest BCUT2D eigenvalue weighted by Gasteiger charge is -2.30. The van der Waals surface area contributed by atoms with Gasteiger partial charge < -0.3 is 20.5 Å². The van der Waals surface area contributed by atoms with Gasteiger partial charge in [0.05, 0.1) is 13.0 Å². The molecule has 1 fully saturated rings. The second-order valence-electron chi connectivity index (χ2n) is 6.34. The number of benzene rings is 1. The number of carboxylic acid groups (broad SMARTS) is 1. The molecule has 2 aliphatic rings. The van der Waals surface area contributed by atoms with E-state index in [1.165, 1.54) is 7.11 Å². The summed E-state index contributed by atoms with van der Waals surface area (Å²) in [4.78, 5) is 36.3. The molecule has 1 aromatic carbocycles. The fourth-order valence-corrected chi connectivity index (χ4v) is 3.49. The van der Waals surface area contributed by atoms with Gasteiger partial charge in [-0.15, -0.1) is 0 Å². The van der Waals surface area contributed by atoms with Gasteiger partial charge in [-0.3, -0.25) is 9.59 Å². The first-order valence-corrected chi connectivity index (χ1v) is 7.98. The van der Waals surface area contributed by atoms with Crippen LogP contribution in [0.5, 0.6) is 5.75 Å². The van der Waals surface area contributed by atoms with Gasteiger partial charge in [0.1, 0.15) is 11.3 Å². The van der Waals surface area contributed by atoms with Crippen LogP contribution >= 0.6 is 0 Å². The number of amides is 2. The minimum Gasteiger partial charge on any atom is -0.497 e. The first-order chi connectivity index (χ1) is 11.4. The monoisotopic (exact) mass is 332 g/mol. The van der Waals surface area contributed by atoms with E-state index in [1.54, 1.807) is 18.2 Å². The molecule has 1 unspecified atom stereocenters. The number of anilines is 1. The van der Waals surface area contributed by atoms with Crippen LogP contribution in [0.25, 0.3) is 0 Å². The maximum atomic E-state index is 12.8. The number of ether oxygens (including phenoxy) is 1. The normalized spacial score (nSPS) is 21.5. The molecule has 0 aromatic heterocycles. The number of hydrogen-bond donors (Lipinski definition) is 3. The largest absolute Gasteiger partial charge is 0.497 e. The second-order valence-corrected chi connectivity index (χ2v) is 6.34. The SMILES string of the molecule is COc1ccc2c(c1)C(C(=O)NC1(C(=O)O)CCCC1)CC(=O)N2. The van der Waals surface area contributed by atoms with Crippen LogP contribution < -0.4 is 15.4 Å². The molecule has 0 radical (unpaired) electrons. The first kappa shape index (κ1) is 16.3. The number of hydrogen-bond acceptors (Lipinski definition) is 4. The molecule has 24 heavy (non-hydrogen) atoms. The zero-order chi connectivity index (χ0) is 17.3. The van der Waals surface area contributed by atoms with Crippen molar-refractivity contribution in [1.82, 2.24) is 5.32 Å². The van der Waals surface area contributed by atoms with E-state index in [4.69, 9.17) is 4.74 Å². The topological polar surface area (TPSA) is 105 Å². The average molecular weight is 332 g/mol. The highest BCUT2D eigenvalue weighted by atomic mass is 16.5. The molecule has 1 aromatic rings. The molecule has 3 rings (SSSR count). The fourth-order valence-electron chi connectivity index (χ4n) is 3.49. The van der Waals surface area contributed by atoms with Crippen molar-refractivity contribution < 1.29 is 24.2 Å². The van der Waals surface area contributed by atoms with Crippen LogP contribution in [0.15, 0.2) is 18.2 Å². The van der Waals surface area contributed by atoms with Crippen LogP contribution in [-0.4, -0.2) is 35.5 Å². The molecule has 1 heterocycles. The Morgan fingerprint density at radius 2 is 2.04 bits per heavy atom. The molecule has 1 atom stereocenters. The van der Waals surface area contributed by atoms with E-state index in [0.29, 0.717) is 29.8 Å². The predicted molar refractivity (Wildman–Crippen MR) is 86.0 cm³/mol. The Hall–Kier alpha value is -2.57. The van der Waals surface area contributed by atoms with Crippen molar-refractivity contribution >= 4 is 23.5 Å². The molecular weight excluding hydrogens is 312 g/mol. The van der Waals surface area contributed by atoms with Crippen LogP contribution in [0.1, 0.15) is 43.6 Å². The summed E-state index contributed by atoms with van der Waals surface area (Å²) in [6.45, 7) is 0. The summed E-state index contributed by atoms with van der Waals surface area (Å²) in [5, 5.41) is 15.0. The maximum Gasteiger partial charge on any atom is 0.329 e. The summed E-state index contributed by atoms with van der Waals surface area (Å²) < 4.78 is 5.19. The lowest BCUT2D eigenvalue weighted by atomic mass is 9.88. The molecule has 1 saturated carbocycles. The number of carbonyl (C=O) groups excluding carboxylic acids is 2. The molecule has 3 N–H and O–H groups in total. The summed E-state index contributed by atoms with van der Waals surface area (Å²) in [6.07, 6.45) is 2.35. The lowest BCUT2D eigenvalue weighted by molar-refractivity contribution is -0.147. The van der Waals surface area contributed by atoms with Crippen molar-refractivity contribution in [3.8, 4) is 5.75 Å². The first-order valence-electron chi connectivity index (χ1n) is 7.98. The van der Waals surface area contributed by atoms with Gasteiger partial charge in [-0.2, -0.15) is 0 Å².